The highest BCUT2D eigenvalue weighted by Crippen LogP contribution is 2.35. The summed E-state index contributed by atoms with van der Waals surface area (Å²) in [5, 5.41) is 0. The number of hydrogen-bond donors (Lipinski definition) is 0. The molecule has 2 nitrogen and oxygen atoms in total. The highest BCUT2D eigenvalue weighted by Gasteiger charge is 2.28. The molecule has 0 saturated heterocycles. The van der Waals surface area contributed by atoms with Crippen LogP contribution in [0.4, 0.5) is 0 Å². The number of rotatable bonds is 2. The van der Waals surface area contributed by atoms with E-state index in [-0.39, 0.29) is 10.8 Å². The second kappa shape index (κ2) is 4.25. The van der Waals surface area contributed by atoms with Crippen LogP contribution in [0, 0.1) is 0 Å². The number of pyridine rings is 1. The van der Waals surface area contributed by atoms with Crippen molar-refractivity contribution in [3.8, 4) is 5.75 Å². The van der Waals surface area contributed by atoms with E-state index in [1.807, 2.05) is 6.20 Å². The van der Waals surface area contributed by atoms with Crippen LogP contribution in [0.3, 0.4) is 0 Å². The summed E-state index contributed by atoms with van der Waals surface area (Å²) in [5.41, 5.74) is 2.64. The SMILES string of the molecule is CC(C)(C)c1cc(OC2CC2)cnc1C(C)(C)C. The molecule has 1 fully saturated rings. The molecule has 1 aliphatic carbocycles. The van der Waals surface area contributed by atoms with E-state index in [1.165, 1.54) is 24.1 Å². The molecule has 1 heterocycles. The average Bonchev–Trinajstić information content (AvgIpc) is 2.98. The van der Waals surface area contributed by atoms with Gasteiger partial charge in [-0.05, 0) is 29.9 Å². The molecule has 18 heavy (non-hydrogen) atoms. The third-order valence-corrected chi connectivity index (χ3v) is 3.21. The van der Waals surface area contributed by atoms with Gasteiger partial charge in [0.2, 0.25) is 0 Å². The average molecular weight is 247 g/mol. The maximum atomic E-state index is 5.87. The van der Waals surface area contributed by atoms with Crippen LogP contribution in [0.1, 0.15) is 65.6 Å². The largest absolute Gasteiger partial charge is 0.489 e. The normalized spacial score (nSPS) is 16.8. The van der Waals surface area contributed by atoms with Gasteiger partial charge in [0, 0.05) is 11.1 Å². The van der Waals surface area contributed by atoms with Gasteiger partial charge in [-0.3, -0.25) is 4.98 Å². The Bertz CT molecular complexity index is 433. The van der Waals surface area contributed by atoms with E-state index >= 15 is 0 Å². The van der Waals surface area contributed by atoms with Crippen molar-refractivity contribution in [3.63, 3.8) is 0 Å². The molecule has 0 N–H and O–H groups in total. The van der Waals surface area contributed by atoms with Crippen molar-refractivity contribution in [2.45, 2.75) is 71.3 Å². The van der Waals surface area contributed by atoms with Gasteiger partial charge in [0.15, 0.2) is 0 Å². The van der Waals surface area contributed by atoms with Crippen molar-refractivity contribution in [3.05, 3.63) is 23.5 Å². The first-order chi connectivity index (χ1) is 8.18. The number of hydrogen-bond acceptors (Lipinski definition) is 2. The van der Waals surface area contributed by atoms with Crippen molar-refractivity contribution in [1.82, 2.24) is 4.98 Å². The highest BCUT2D eigenvalue weighted by molar-refractivity contribution is 5.37. The van der Waals surface area contributed by atoms with Crippen LogP contribution < -0.4 is 4.74 Å². The van der Waals surface area contributed by atoms with E-state index in [0.717, 1.165) is 5.75 Å². The summed E-state index contributed by atoms with van der Waals surface area (Å²) < 4.78 is 5.87. The lowest BCUT2D eigenvalue weighted by Gasteiger charge is -2.29. The molecule has 1 aliphatic rings. The lowest BCUT2D eigenvalue weighted by atomic mass is 9.78. The minimum atomic E-state index is 0.0702. The molecule has 1 aromatic rings. The molecule has 0 unspecified atom stereocenters. The summed E-state index contributed by atoms with van der Waals surface area (Å²) >= 11 is 0. The van der Waals surface area contributed by atoms with Gasteiger partial charge in [0.1, 0.15) is 5.75 Å². The third kappa shape index (κ3) is 3.04. The molecule has 0 atom stereocenters. The van der Waals surface area contributed by atoms with Crippen LogP contribution in [0.2, 0.25) is 0 Å². The Kier molecular flexibility index (Phi) is 3.16. The fourth-order valence-electron chi connectivity index (χ4n) is 2.06. The molecule has 0 aliphatic heterocycles. The zero-order valence-electron chi connectivity index (χ0n) is 12.5. The Hall–Kier alpha value is -1.05. The second-order valence-corrected chi connectivity index (χ2v) is 7.38. The zero-order chi connectivity index (χ0) is 13.6. The molecule has 0 amide bonds. The molecule has 1 saturated carbocycles. The molecule has 1 aromatic heterocycles. The minimum absolute atomic E-state index is 0.0702. The molecule has 0 spiro atoms. The fraction of sp³-hybridized carbons (Fsp3) is 0.688. The Labute approximate surface area is 111 Å². The number of aromatic nitrogens is 1. The molecule has 0 bridgehead atoms. The summed E-state index contributed by atoms with van der Waals surface area (Å²) in [5.74, 6) is 0.926. The first kappa shape index (κ1) is 13.4. The van der Waals surface area contributed by atoms with Gasteiger partial charge in [0.25, 0.3) is 0 Å². The lowest BCUT2D eigenvalue weighted by Crippen LogP contribution is -2.23. The molecule has 0 aromatic carbocycles. The van der Waals surface area contributed by atoms with E-state index in [9.17, 15) is 0 Å². The van der Waals surface area contributed by atoms with Crippen molar-refractivity contribution in [1.29, 1.82) is 0 Å². The molecule has 2 heteroatoms. The monoisotopic (exact) mass is 247 g/mol. The Morgan fingerprint density at radius 3 is 2.11 bits per heavy atom. The molecule has 2 rings (SSSR count). The maximum Gasteiger partial charge on any atom is 0.138 e. The van der Waals surface area contributed by atoms with Crippen LogP contribution in [0.25, 0.3) is 0 Å². The summed E-state index contributed by atoms with van der Waals surface area (Å²) in [4.78, 5) is 4.67. The van der Waals surface area contributed by atoms with Crippen LogP contribution in [0.5, 0.6) is 5.75 Å². The van der Waals surface area contributed by atoms with Crippen LogP contribution in [-0.4, -0.2) is 11.1 Å². The first-order valence-electron chi connectivity index (χ1n) is 6.85. The summed E-state index contributed by atoms with van der Waals surface area (Å²) in [6, 6.07) is 2.19. The van der Waals surface area contributed by atoms with Crippen molar-refractivity contribution < 1.29 is 4.74 Å². The molecule has 0 radical (unpaired) electrons. The van der Waals surface area contributed by atoms with Crippen LogP contribution >= 0.6 is 0 Å². The predicted molar refractivity (Wildman–Crippen MR) is 75.3 cm³/mol. The molecular formula is C16H25NO. The smallest absolute Gasteiger partial charge is 0.138 e. The van der Waals surface area contributed by atoms with E-state index in [1.54, 1.807) is 0 Å². The Morgan fingerprint density at radius 1 is 1.06 bits per heavy atom. The van der Waals surface area contributed by atoms with Gasteiger partial charge < -0.3 is 4.74 Å². The summed E-state index contributed by atoms with van der Waals surface area (Å²) in [6.07, 6.45) is 4.69. The number of ether oxygens (including phenoxy) is 1. The van der Waals surface area contributed by atoms with Gasteiger partial charge in [-0.1, -0.05) is 41.5 Å². The van der Waals surface area contributed by atoms with Crippen molar-refractivity contribution in [2.75, 3.05) is 0 Å². The third-order valence-electron chi connectivity index (χ3n) is 3.21. The van der Waals surface area contributed by atoms with Gasteiger partial charge >= 0.3 is 0 Å². The Morgan fingerprint density at radius 2 is 1.67 bits per heavy atom. The zero-order valence-corrected chi connectivity index (χ0v) is 12.5. The van der Waals surface area contributed by atoms with Gasteiger partial charge in [-0.2, -0.15) is 0 Å². The highest BCUT2D eigenvalue weighted by atomic mass is 16.5. The van der Waals surface area contributed by atoms with E-state index < -0.39 is 0 Å². The standard InChI is InChI=1S/C16H25NO/c1-15(2,3)13-9-12(18-11-7-8-11)10-17-14(13)16(4,5)6/h9-11H,7-8H2,1-6H3. The molecule has 100 valence electrons. The van der Waals surface area contributed by atoms with E-state index in [0.29, 0.717) is 6.10 Å². The maximum absolute atomic E-state index is 5.87. The van der Waals surface area contributed by atoms with Crippen molar-refractivity contribution in [2.24, 2.45) is 0 Å². The van der Waals surface area contributed by atoms with Crippen LogP contribution in [0.15, 0.2) is 12.3 Å². The van der Waals surface area contributed by atoms with Crippen LogP contribution in [-0.2, 0) is 10.8 Å². The van der Waals surface area contributed by atoms with Gasteiger partial charge in [-0.15, -0.1) is 0 Å². The summed E-state index contributed by atoms with van der Waals surface area (Å²) in [6.45, 7) is 13.4. The van der Waals surface area contributed by atoms with E-state index in [2.05, 4.69) is 52.6 Å². The van der Waals surface area contributed by atoms with Gasteiger partial charge in [-0.25, -0.2) is 0 Å². The van der Waals surface area contributed by atoms with E-state index in [4.69, 9.17) is 4.74 Å². The van der Waals surface area contributed by atoms with Crippen molar-refractivity contribution >= 4 is 0 Å². The topological polar surface area (TPSA) is 22.1 Å². The first-order valence-corrected chi connectivity index (χ1v) is 6.85. The predicted octanol–water partition coefficient (Wildman–Crippen LogP) is 4.22. The quantitative estimate of drug-likeness (QED) is 0.780. The Balaban J connectivity index is 2.41. The number of nitrogens with zero attached hydrogens (tertiary/aromatic N) is 1. The minimum Gasteiger partial charge on any atom is -0.489 e. The fourth-order valence-corrected chi connectivity index (χ4v) is 2.06. The second-order valence-electron chi connectivity index (χ2n) is 7.38. The summed E-state index contributed by atoms with van der Waals surface area (Å²) in [7, 11) is 0. The van der Waals surface area contributed by atoms with Gasteiger partial charge in [0.05, 0.1) is 12.3 Å². The molecular weight excluding hydrogens is 222 g/mol. The lowest BCUT2D eigenvalue weighted by molar-refractivity contribution is 0.300.